The van der Waals surface area contributed by atoms with Crippen LogP contribution in [0.15, 0.2) is 46.6 Å². The Morgan fingerprint density at radius 1 is 1.11 bits per heavy atom. The van der Waals surface area contributed by atoms with E-state index in [1.54, 1.807) is 11.1 Å². The van der Waals surface area contributed by atoms with Gasteiger partial charge in [0.05, 0.1) is 0 Å². The Labute approximate surface area is 168 Å². The van der Waals surface area contributed by atoms with Gasteiger partial charge in [0.25, 0.3) is 5.91 Å². The zero-order chi connectivity index (χ0) is 19.1. The molecule has 1 amide bonds. The third-order valence-electron chi connectivity index (χ3n) is 7.02. The second-order valence-corrected chi connectivity index (χ2v) is 8.81. The predicted molar refractivity (Wildman–Crippen MR) is 115 cm³/mol. The number of nitrogens with one attached hydrogen (secondary N) is 1. The molecule has 5 rings (SSSR count). The highest BCUT2D eigenvalue weighted by Crippen LogP contribution is 2.43. The third kappa shape index (κ3) is 3.26. The summed E-state index contributed by atoms with van der Waals surface area (Å²) in [6, 6.07) is 6.51. The van der Waals surface area contributed by atoms with Gasteiger partial charge < -0.3 is 10.2 Å². The number of anilines is 1. The topological polar surface area (TPSA) is 32.3 Å². The molecule has 1 N–H and O–H groups in total. The average Bonchev–Trinajstić information content (AvgIpc) is 3.41. The van der Waals surface area contributed by atoms with E-state index in [1.165, 1.54) is 68.3 Å². The number of hydrogen-bond donors (Lipinski definition) is 1. The largest absolute Gasteiger partial charge is 0.321 e. The van der Waals surface area contributed by atoms with Gasteiger partial charge in [0, 0.05) is 23.4 Å². The van der Waals surface area contributed by atoms with Crippen molar-refractivity contribution < 1.29 is 4.79 Å². The lowest BCUT2D eigenvalue weighted by atomic mass is 9.91. The lowest BCUT2D eigenvalue weighted by molar-refractivity contribution is -0.110. The maximum absolute atomic E-state index is 12.7. The fourth-order valence-electron chi connectivity index (χ4n) is 5.33. The van der Waals surface area contributed by atoms with E-state index < -0.39 is 0 Å². The molecule has 1 saturated heterocycles. The fourth-order valence-corrected chi connectivity index (χ4v) is 5.33. The van der Waals surface area contributed by atoms with Gasteiger partial charge >= 0.3 is 0 Å². The number of carbonyl (C=O) groups is 1. The molecule has 146 valence electrons. The summed E-state index contributed by atoms with van der Waals surface area (Å²) in [7, 11) is 0. The Kier molecular flexibility index (Phi) is 4.72. The Hall–Kier alpha value is -2.13. The zero-order valence-electron chi connectivity index (χ0n) is 16.9. The zero-order valence-corrected chi connectivity index (χ0v) is 16.9. The van der Waals surface area contributed by atoms with Gasteiger partial charge in [0.15, 0.2) is 0 Å². The van der Waals surface area contributed by atoms with E-state index in [2.05, 4.69) is 41.4 Å². The maximum Gasteiger partial charge on any atom is 0.256 e. The molecule has 0 bridgehead atoms. The smallest absolute Gasteiger partial charge is 0.256 e. The van der Waals surface area contributed by atoms with Gasteiger partial charge in [0.1, 0.15) is 0 Å². The molecular weight excluding hydrogens is 344 g/mol. The Morgan fingerprint density at radius 3 is 2.75 bits per heavy atom. The van der Waals surface area contributed by atoms with Crippen LogP contribution < -0.4 is 5.32 Å². The van der Waals surface area contributed by atoms with E-state index in [4.69, 9.17) is 0 Å². The van der Waals surface area contributed by atoms with Crippen molar-refractivity contribution in [1.82, 2.24) is 4.90 Å². The summed E-state index contributed by atoms with van der Waals surface area (Å²) in [5.41, 5.74) is 10.2. The van der Waals surface area contributed by atoms with Crippen LogP contribution in [0.25, 0.3) is 5.57 Å². The molecule has 0 spiro atoms. The molecule has 0 saturated carbocycles. The molecule has 1 aromatic carbocycles. The van der Waals surface area contributed by atoms with Crippen LogP contribution >= 0.6 is 0 Å². The quantitative estimate of drug-likeness (QED) is 0.730. The van der Waals surface area contributed by atoms with Crippen LogP contribution in [0, 0.1) is 0 Å². The first kappa shape index (κ1) is 17.9. The van der Waals surface area contributed by atoms with E-state index in [9.17, 15) is 4.79 Å². The number of likely N-dealkylation sites (tertiary alicyclic amines) is 1. The van der Waals surface area contributed by atoms with Gasteiger partial charge in [-0.05, 0) is 112 Å². The Balaban J connectivity index is 1.39. The highest BCUT2D eigenvalue weighted by atomic mass is 16.2. The number of carbonyl (C=O) groups excluding carboxylic acids is 1. The predicted octanol–water partition coefficient (Wildman–Crippen LogP) is 5.25. The van der Waals surface area contributed by atoms with Crippen molar-refractivity contribution >= 4 is 17.2 Å². The minimum Gasteiger partial charge on any atom is -0.321 e. The van der Waals surface area contributed by atoms with Crippen molar-refractivity contribution in [2.24, 2.45) is 0 Å². The van der Waals surface area contributed by atoms with Gasteiger partial charge in [-0.15, -0.1) is 0 Å². The van der Waals surface area contributed by atoms with Crippen molar-refractivity contribution in [2.75, 3.05) is 25.0 Å². The Bertz CT molecular complexity index is 912. The molecule has 0 radical (unpaired) electrons. The van der Waals surface area contributed by atoms with Crippen LogP contribution in [0.3, 0.4) is 0 Å². The monoisotopic (exact) mass is 374 g/mol. The summed E-state index contributed by atoms with van der Waals surface area (Å²) in [6.07, 6.45) is 12.0. The number of nitrogens with zero attached hydrogens (tertiary/aromatic N) is 1. The molecule has 0 atom stereocenters. The number of benzene rings is 1. The number of hydrogen-bond acceptors (Lipinski definition) is 2. The minimum atomic E-state index is 0.0527. The average molecular weight is 375 g/mol. The molecule has 3 nitrogen and oxygen atoms in total. The van der Waals surface area contributed by atoms with Gasteiger partial charge in [-0.3, -0.25) is 4.79 Å². The van der Waals surface area contributed by atoms with Crippen LogP contribution in [0.1, 0.15) is 63.0 Å². The summed E-state index contributed by atoms with van der Waals surface area (Å²) < 4.78 is 0. The highest BCUT2D eigenvalue weighted by molar-refractivity contribution is 6.32. The molecule has 28 heavy (non-hydrogen) atoms. The first-order valence-corrected chi connectivity index (χ1v) is 11.0. The van der Waals surface area contributed by atoms with Crippen LogP contribution in [0.2, 0.25) is 0 Å². The molecule has 2 aliphatic heterocycles. The fraction of sp³-hybridized carbons (Fsp3) is 0.480. The van der Waals surface area contributed by atoms with E-state index in [1.807, 2.05) is 0 Å². The van der Waals surface area contributed by atoms with E-state index in [0.29, 0.717) is 0 Å². The summed E-state index contributed by atoms with van der Waals surface area (Å²) in [5.74, 6) is 0.0527. The van der Waals surface area contributed by atoms with Crippen molar-refractivity contribution in [1.29, 1.82) is 0 Å². The van der Waals surface area contributed by atoms with Crippen molar-refractivity contribution in [2.45, 2.75) is 58.3 Å². The van der Waals surface area contributed by atoms with Gasteiger partial charge in [-0.2, -0.15) is 0 Å². The molecular formula is C25H30N2O. The van der Waals surface area contributed by atoms with Crippen LogP contribution in [-0.4, -0.2) is 30.4 Å². The maximum atomic E-state index is 12.7. The first-order valence-electron chi connectivity index (χ1n) is 11.0. The minimum absolute atomic E-state index is 0.0527. The molecule has 2 heterocycles. The SMILES string of the molecule is CC1=C(C=C2C(=O)Nc3ccc(CCN4CCCC4)cc32)CC2=C1CCCC2. The number of fused-ring (bicyclic) bond motifs is 1. The van der Waals surface area contributed by atoms with Crippen molar-refractivity contribution in [3.63, 3.8) is 0 Å². The first-order chi connectivity index (χ1) is 13.7. The molecule has 4 aliphatic rings. The molecule has 2 aliphatic carbocycles. The van der Waals surface area contributed by atoms with Gasteiger partial charge in [-0.1, -0.05) is 11.6 Å². The lowest BCUT2D eigenvalue weighted by Gasteiger charge is -2.14. The third-order valence-corrected chi connectivity index (χ3v) is 7.02. The van der Waals surface area contributed by atoms with Crippen molar-refractivity contribution in [3.8, 4) is 0 Å². The summed E-state index contributed by atoms with van der Waals surface area (Å²) >= 11 is 0. The summed E-state index contributed by atoms with van der Waals surface area (Å²) in [5, 5.41) is 3.07. The summed E-state index contributed by atoms with van der Waals surface area (Å²) in [4.78, 5) is 15.2. The highest BCUT2D eigenvalue weighted by Gasteiger charge is 2.28. The Morgan fingerprint density at radius 2 is 1.93 bits per heavy atom. The van der Waals surface area contributed by atoms with Crippen molar-refractivity contribution in [3.05, 3.63) is 57.7 Å². The van der Waals surface area contributed by atoms with E-state index in [-0.39, 0.29) is 5.91 Å². The second kappa shape index (κ2) is 7.36. The second-order valence-electron chi connectivity index (χ2n) is 8.81. The molecule has 0 unspecified atom stereocenters. The molecule has 1 fully saturated rings. The van der Waals surface area contributed by atoms with Crippen LogP contribution in [0.5, 0.6) is 0 Å². The van der Waals surface area contributed by atoms with Crippen LogP contribution in [-0.2, 0) is 11.2 Å². The lowest BCUT2D eigenvalue weighted by Crippen LogP contribution is -2.21. The number of allylic oxidation sites excluding steroid dienone is 5. The molecule has 0 aromatic heterocycles. The van der Waals surface area contributed by atoms with E-state index in [0.717, 1.165) is 36.2 Å². The number of amides is 1. The standard InChI is InChI=1S/C25H30N2O/c1-17-20(15-19-6-2-3-7-21(17)19)16-23-22-14-18(8-9-24(22)26-25(23)28)10-13-27-11-4-5-12-27/h8-9,14,16H,2-7,10-13,15H2,1H3,(H,26,28). The summed E-state index contributed by atoms with van der Waals surface area (Å²) in [6.45, 7) is 5.85. The van der Waals surface area contributed by atoms with E-state index >= 15 is 0 Å². The van der Waals surface area contributed by atoms with Crippen LogP contribution in [0.4, 0.5) is 5.69 Å². The normalized spacial score (nSPS) is 23.6. The molecule has 1 aromatic rings. The number of rotatable bonds is 4. The van der Waals surface area contributed by atoms with Gasteiger partial charge in [0.2, 0.25) is 0 Å². The van der Waals surface area contributed by atoms with Gasteiger partial charge in [-0.25, -0.2) is 0 Å². The molecule has 3 heteroatoms.